The minimum atomic E-state index is -0.936. The highest BCUT2D eigenvalue weighted by atomic mass is 35.5. The third kappa shape index (κ3) is 3.91. The van der Waals surface area contributed by atoms with Crippen molar-refractivity contribution in [3.8, 4) is 5.69 Å². The van der Waals surface area contributed by atoms with Crippen LogP contribution in [0.4, 0.5) is 4.39 Å². The number of carbonyl (C=O) groups excluding carboxylic acids is 1. The highest BCUT2D eigenvalue weighted by Crippen LogP contribution is 2.22. The Morgan fingerprint density at radius 1 is 1.35 bits per heavy atom. The Morgan fingerprint density at radius 2 is 2.04 bits per heavy atom. The van der Waals surface area contributed by atoms with E-state index in [0.717, 1.165) is 28.2 Å². The van der Waals surface area contributed by atoms with Crippen molar-refractivity contribution >= 4 is 18.3 Å². The number of para-hydroxylation sites is 1. The Bertz CT molecular complexity index is 792. The maximum Gasteiger partial charge on any atom is 0.239 e. The first-order valence-electron chi connectivity index (χ1n) is 8.62. The molecule has 2 heterocycles. The third-order valence-corrected chi connectivity index (χ3v) is 4.93. The van der Waals surface area contributed by atoms with Crippen LogP contribution in [-0.4, -0.2) is 46.4 Å². The predicted molar refractivity (Wildman–Crippen MR) is 103 cm³/mol. The molecule has 0 spiro atoms. The van der Waals surface area contributed by atoms with E-state index in [1.165, 1.54) is 0 Å². The highest BCUT2D eigenvalue weighted by Gasteiger charge is 2.31. The number of rotatable bonds is 4. The Morgan fingerprint density at radius 3 is 2.65 bits per heavy atom. The summed E-state index contributed by atoms with van der Waals surface area (Å²) < 4.78 is 15.3. The van der Waals surface area contributed by atoms with E-state index in [9.17, 15) is 9.18 Å². The van der Waals surface area contributed by atoms with Crippen LogP contribution in [-0.2, 0) is 11.3 Å². The van der Waals surface area contributed by atoms with Gasteiger partial charge in [-0.3, -0.25) is 4.79 Å². The van der Waals surface area contributed by atoms with E-state index in [4.69, 9.17) is 0 Å². The van der Waals surface area contributed by atoms with Gasteiger partial charge in [-0.2, -0.15) is 5.10 Å². The molecule has 0 radical (unpaired) electrons. The van der Waals surface area contributed by atoms with Gasteiger partial charge in [0, 0.05) is 37.8 Å². The van der Waals surface area contributed by atoms with Crippen molar-refractivity contribution in [3.05, 3.63) is 46.8 Å². The first-order chi connectivity index (χ1) is 11.9. The number of carbonyl (C=O) groups is 1. The average molecular weight is 381 g/mol. The molecule has 1 aliphatic heterocycles. The van der Waals surface area contributed by atoms with Crippen LogP contribution in [0.1, 0.15) is 28.9 Å². The molecule has 1 fully saturated rings. The number of aryl methyl sites for hydroxylation is 2. The molecule has 1 amide bonds. The summed E-state index contributed by atoms with van der Waals surface area (Å²) >= 11 is 0. The molecule has 3 rings (SSSR count). The molecule has 1 aromatic heterocycles. The van der Waals surface area contributed by atoms with E-state index in [0.29, 0.717) is 6.54 Å². The minimum absolute atomic E-state index is 0. The lowest BCUT2D eigenvalue weighted by atomic mass is 10.1. The fourth-order valence-electron chi connectivity index (χ4n) is 3.40. The van der Waals surface area contributed by atoms with Gasteiger partial charge in [-0.25, -0.2) is 9.07 Å². The molecular formula is C19H26ClFN4O. The van der Waals surface area contributed by atoms with Gasteiger partial charge in [0.05, 0.1) is 17.4 Å². The van der Waals surface area contributed by atoms with Gasteiger partial charge in [-0.05, 0) is 32.4 Å². The van der Waals surface area contributed by atoms with E-state index >= 15 is 0 Å². The second kappa shape index (κ2) is 8.18. The van der Waals surface area contributed by atoms with Gasteiger partial charge in [-0.15, -0.1) is 12.4 Å². The molecule has 2 aromatic rings. The number of hydrogen-bond donors (Lipinski definition) is 1. The van der Waals surface area contributed by atoms with Crippen LogP contribution in [0, 0.1) is 20.8 Å². The van der Waals surface area contributed by atoms with Gasteiger partial charge in [0.2, 0.25) is 5.91 Å². The molecule has 5 nitrogen and oxygen atoms in total. The number of nitrogens with one attached hydrogen (secondary N) is 1. The lowest BCUT2D eigenvalue weighted by Crippen LogP contribution is -2.41. The molecule has 2 atom stereocenters. The number of likely N-dealkylation sites (N-methyl/N-ethyl adjacent to an activating group) is 1. The molecule has 1 aromatic carbocycles. The van der Waals surface area contributed by atoms with Crippen molar-refractivity contribution in [3.63, 3.8) is 0 Å². The van der Waals surface area contributed by atoms with Crippen molar-refractivity contribution in [2.45, 2.75) is 46.0 Å². The van der Waals surface area contributed by atoms with Crippen LogP contribution >= 0.6 is 12.4 Å². The summed E-state index contributed by atoms with van der Waals surface area (Å²) in [5.74, 6) is -0.0670. The minimum Gasteiger partial charge on any atom is -0.340 e. The maximum atomic E-state index is 13.3. The van der Waals surface area contributed by atoms with E-state index < -0.39 is 12.2 Å². The number of amides is 1. The molecule has 142 valence electrons. The van der Waals surface area contributed by atoms with Crippen LogP contribution in [0.5, 0.6) is 0 Å². The zero-order valence-corrected chi connectivity index (χ0v) is 16.4. The number of alkyl halides is 1. The summed E-state index contributed by atoms with van der Waals surface area (Å²) in [6.45, 7) is 6.76. The summed E-state index contributed by atoms with van der Waals surface area (Å²) in [5, 5.41) is 7.62. The second-order valence-corrected chi connectivity index (χ2v) is 6.84. The largest absolute Gasteiger partial charge is 0.340 e. The Labute approximate surface area is 160 Å². The fourth-order valence-corrected chi connectivity index (χ4v) is 3.40. The Balaban J connectivity index is 0.00000243. The number of aromatic nitrogens is 2. The lowest BCUT2D eigenvalue weighted by Gasteiger charge is -2.21. The van der Waals surface area contributed by atoms with E-state index in [-0.39, 0.29) is 31.3 Å². The fraction of sp³-hybridized carbons (Fsp3) is 0.474. The van der Waals surface area contributed by atoms with E-state index in [2.05, 4.69) is 23.4 Å². The van der Waals surface area contributed by atoms with Gasteiger partial charge in [-0.1, -0.05) is 18.2 Å². The smallest absolute Gasteiger partial charge is 0.239 e. The second-order valence-electron chi connectivity index (χ2n) is 6.84. The van der Waals surface area contributed by atoms with Crippen molar-refractivity contribution in [1.82, 2.24) is 20.0 Å². The van der Waals surface area contributed by atoms with Crippen LogP contribution < -0.4 is 5.32 Å². The van der Waals surface area contributed by atoms with Crippen LogP contribution in [0.2, 0.25) is 0 Å². The van der Waals surface area contributed by atoms with Crippen molar-refractivity contribution in [2.75, 3.05) is 13.6 Å². The van der Waals surface area contributed by atoms with Crippen molar-refractivity contribution < 1.29 is 9.18 Å². The van der Waals surface area contributed by atoms with Crippen molar-refractivity contribution in [1.29, 1.82) is 0 Å². The van der Waals surface area contributed by atoms with Gasteiger partial charge in [0.15, 0.2) is 0 Å². The summed E-state index contributed by atoms with van der Waals surface area (Å²) in [7, 11) is 1.76. The summed E-state index contributed by atoms with van der Waals surface area (Å²) in [6.07, 6.45) is -0.682. The van der Waals surface area contributed by atoms with Crippen LogP contribution in [0.25, 0.3) is 5.69 Å². The first kappa shape index (κ1) is 20.4. The number of benzene rings is 1. The normalized spacial score (nSPS) is 19.3. The molecule has 0 bridgehead atoms. The molecule has 7 heteroatoms. The highest BCUT2D eigenvalue weighted by molar-refractivity contribution is 5.85. The van der Waals surface area contributed by atoms with Crippen LogP contribution in [0.15, 0.2) is 24.3 Å². The molecule has 1 N–H and O–H groups in total. The van der Waals surface area contributed by atoms with E-state index in [1.54, 1.807) is 11.9 Å². The SMILES string of the molecule is Cc1ccccc1-n1nc(C)c(CN(C)C(=O)[C@H]2C[C@H](F)CN2)c1C.Cl. The lowest BCUT2D eigenvalue weighted by molar-refractivity contribution is -0.132. The topological polar surface area (TPSA) is 50.2 Å². The summed E-state index contributed by atoms with van der Waals surface area (Å²) in [4.78, 5) is 14.2. The monoisotopic (exact) mass is 380 g/mol. The zero-order chi connectivity index (χ0) is 18.1. The first-order valence-corrected chi connectivity index (χ1v) is 8.62. The standard InChI is InChI=1S/C19H25FN4O.ClH/c1-12-7-5-6-8-18(12)24-14(3)16(13(2)22-24)11-23(4)19(25)17-9-15(20)10-21-17;/h5-8,15,17,21H,9-11H2,1-4H3;1H/t15-,17+;/m0./s1. The molecule has 0 aliphatic carbocycles. The zero-order valence-electron chi connectivity index (χ0n) is 15.6. The molecule has 1 saturated heterocycles. The van der Waals surface area contributed by atoms with E-state index in [1.807, 2.05) is 36.7 Å². The molecule has 1 aliphatic rings. The van der Waals surface area contributed by atoms with Crippen LogP contribution in [0.3, 0.4) is 0 Å². The van der Waals surface area contributed by atoms with Gasteiger partial charge in [0.1, 0.15) is 6.17 Å². The van der Waals surface area contributed by atoms with Gasteiger partial charge < -0.3 is 10.2 Å². The quantitative estimate of drug-likeness (QED) is 0.887. The Hall–Kier alpha value is -1.92. The maximum absolute atomic E-state index is 13.3. The summed E-state index contributed by atoms with van der Waals surface area (Å²) in [6, 6.07) is 7.67. The summed E-state index contributed by atoms with van der Waals surface area (Å²) in [5.41, 5.74) is 5.15. The number of nitrogens with zero attached hydrogens (tertiary/aromatic N) is 3. The molecule has 0 unspecified atom stereocenters. The van der Waals surface area contributed by atoms with Crippen molar-refractivity contribution in [2.24, 2.45) is 0 Å². The number of hydrogen-bond acceptors (Lipinski definition) is 3. The van der Waals surface area contributed by atoms with Gasteiger partial charge >= 0.3 is 0 Å². The predicted octanol–water partition coefficient (Wildman–Crippen LogP) is 2.88. The average Bonchev–Trinajstić information content (AvgIpc) is 3.13. The number of halogens is 2. The molecular weight excluding hydrogens is 355 g/mol. The Kier molecular flexibility index (Phi) is 6.42. The molecule has 0 saturated carbocycles. The van der Waals surface area contributed by atoms with Gasteiger partial charge in [0.25, 0.3) is 0 Å². The molecule has 26 heavy (non-hydrogen) atoms. The third-order valence-electron chi connectivity index (χ3n) is 4.93.